The molecule has 0 aromatic carbocycles. The maximum absolute atomic E-state index is 5.65. The molecule has 5 nitrogen and oxygen atoms in total. The van der Waals surface area contributed by atoms with Gasteiger partial charge in [-0.2, -0.15) is 0 Å². The van der Waals surface area contributed by atoms with Gasteiger partial charge in [-0.05, 0) is 25.9 Å². The van der Waals surface area contributed by atoms with Crippen molar-refractivity contribution >= 4 is 17.1 Å². The Balaban J connectivity index is 5.02. The summed E-state index contributed by atoms with van der Waals surface area (Å²) in [5, 5.41) is 3.66. The second-order valence-corrected chi connectivity index (χ2v) is 12.0. The van der Waals surface area contributed by atoms with Gasteiger partial charge in [-0.25, -0.2) is 0 Å². The third-order valence-corrected chi connectivity index (χ3v) is 11.0. The van der Waals surface area contributed by atoms with Crippen LogP contribution < -0.4 is 5.32 Å². The van der Waals surface area contributed by atoms with Gasteiger partial charge in [0.25, 0.3) is 0 Å². The molecule has 2 unspecified atom stereocenters. The summed E-state index contributed by atoms with van der Waals surface area (Å²) in [6, 6.07) is 0. The fourth-order valence-corrected chi connectivity index (χ4v) is 6.39. The van der Waals surface area contributed by atoms with Crippen LogP contribution in [0.5, 0.6) is 0 Å². The van der Waals surface area contributed by atoms with Crippen molar-refractivity contribution in [2.75, 3.05) is 28.4 Å². The molecule has 0 saturated carbocycles. The SMILES string of the molecule is CCC(NC(CC)[Si](C)(OC)OC)[Si](C)(OC)OC. The predicted octanol–water partition coefficient (Wildman–Crippen LogP) is 1.94. The lowest BCUT2D eigenvalue weighted by Gasteiger charge is -2.39. The monoisotopic (exact) mass is 309 g/mol. The van der Waals surface area contributed by atoms with Crippen LogP contribution in [-0.4, -0.2) is 56.9 Å². The summed E-state index contributed by atoms with van der Waals surface area (Å²) in [4.78, 5) is 0. The Hall–Kier alpha value is 0.234. The standard InChI is InChI=1S/C12H31NO4Si2/c1-9-11(18(7,14-3)15-4)13-12(10-2)19(8,16-5)17-6/h11-13H,9-10H2,1-8H3. The quantitative estimate of drug-likeness (QED) is 0.625. The molecule has 7 heteroatoms. The molecule has 0 spiro atoms. The Bertz CT molecular complexity index is 224. The highest BCUT2D eigenvalue weighted by atomic mass is 28.4. The molecule has 0 fully saturated rings. The van der Waals surface area contributed by atoms with Crippen LogP contribution in [0.25, 0.3) is 0 Å². The van der Waals surface area contributed by atoms with Gasteiger partial charge in [0.1, 0.15) is 0 Å². The first-order valence-corrected chi connectivity index (χ1v) is 11.6. The van der Waals surface area contributed by atoms with Crippen molar-refractivity contribution < 1.29 is 17.7 Å². The van der Waals surface area contributed by atoms with E-state index in [4.69, 9.17) is 17.7 Å². The van der Waals surface area contributed by atoms with Gasteiger partial charge in [-0.1, -0.05) is 13.8 Å². The van der Waals surface area contributed by atoms with E-state index >= 15 is 0 Å². The van der Waals surface area contributed by atoms with Crippen LogP contribution in [0.1, 0.15) is 26.7 Å². The van der Waals surface area contributed by atoms with Gasteiger partial charge < -0.3 is 23.0 Å². The maximum Gasteiger partial charge on any atom is 0.351 e. The van der Waals surface area contributed by atoms with Crippen LogP contribution in [0.2, 0.25) is 13.1 Å². The van der Waals surface area contributed by atoms with Crippen LogP contribution in [0, 0.1) is 0 Å². The van der Waals surface area contributed by atoms with Crippen molar-refractivity contribution in [2.45, 2.75) is 51.1 Å². The molecule has 1 N–H and O–H groups in total. The Kier molecular flexibility index (Phi) is 8.61. The first-order valence-electron chi connectivity index (χ1n) is 6.83. The highest BCUT2D eigenvalue weighted by Gasteiger charge is 2.45. The summed E-state index contributed by atoms with van der Waals surface area (Å²) in [5.74, 6) is 0. The minimum atomic E-state index is -2.21. The van der Waals surface area contributed by atoms with Gasteiger partial charge in [0.05, 0.1) is 11.3 Å². The number of hydrogen-bond acceptors (Lipinski definition) is 5. The van der Waals surface area contributed by atoms with E-state index in [1.807, 2.05) is 0 Å². The molecule has 0 rings (SSSR count). The minimum Gasteiger partial charge on any atom is -0.397 e. The third kappa shape index (κ3) is 4.62. The van der Waals surface area contributed by atoms with Gasteiger partial charge >= 0.3 is 17.1 Å². The first-order chi connectivity index (χ1) is 8.87. The van der Waals surface area contributed by atoms with Crippen molar-refractivity contribution in [3.05, 3.63) is 0 Å². The maximum atomic E-state index is 5.65. The van der Waals surface area contributed by atoms with E-state index in [9.17, 15) is 0 Å². The summed E-state index contributed by atoms with van der Waals surface area (Å²) in [7, 11) is 2.49. The summed E-state index contributed by atoms with van der Waals surface area (Å²) in [6.07, 6.45) is 1.91. The molecule has 0 aliphatic rings. The van der Waals surface area contributed by atoms with Crippen LogP contribution >= 0.6 is 0 Å². The summed E-state index contributed by atoms with van der Waals surface area (Å²) in [5.41, 5.74) is 0.425. The van der Waals surface area contributed by atoms with Gasteiger partial charge in [-0.3, -0.25) is 0 Å². The Morgan fingerprint density at radius 2 is 1.00 bits per heavy atom. The van der Waals surface area contributed by atoms with Crippen molar-refractivity contribution in [1.82, 2.24) is 5.32 Å². The van der Waals surface area contributed by atoms with E-state index in [1.165, 1.54) is 0 Å². The van der Waals surface area contributed by atoms with Gasteiger partial charge in [0.2, 0.25) is 0 Å². The van der Waals surface area contributed by atoms with Crippen LogP contribution in [0.3, 0.4) is 0 Å². The number of nitrogens with one attached hydrogen (secondary N) is 1. The zero-order chi connectivity index (χ0) is 15.1. The molecule has 0 amide bonds. The molecule has 0 aromatic rings. The lowest BCUT2D eigenvalue weighted by atomic mass is 10.4. The fraction of sp³-hybridized carbons (Fsp3) is 1.00. The Morgan fingerprint density at radius 1 is 0.737 bits per heavy atom. The summed E-state index contributed by atoms with van der Waals surface area (Å²) < 4.78 is 22.6. The van der Waals surface area contributed by atoms with Crippen molar-refractivity contribution in [3.8, 4) is 0 Å². The van der Waals surface area contributed by atoms with Crippen molar-refractivity contribution in [3.63, 3.8) is 0 Å². The Labute approximate surface area is 120 Å². The molecule has 0 aliphatic heterocycles. The van der Waals surface area contributed by atoms with E-state index < -0.39 is 17.1 Å². The zero-order valence-corrected chi connectivity index (χ0v) is 15.7. The normalized spacial score (nSPS) is 16.4. The molecule has 2 atom stereocenters. The van der Waals surface area contributed by atoms with E-state index in [0.717, 1.165) is 12.8 Å². The fourth-order valence-electron chi connectivity index (χ4n) is 2.26. The van der Waals surface area contributed by atoms with E-state index in [-0.39, 0.29) is 11.3 Å². The number of hydrogen-bond donors (Lipinski definition) is 1. The van der Waals surface area contributed by atoms with Crippen molar-refractivity contribution in [1.29, 1.82) is 0 Å². The average molecular weight is 310 g/mol. The molecule has 0 radical (unpaired) electrons. The van der Waals surface area contributed by atoms with Crippen LogP contribution in [-0.2, 0) is 17.7 Å². The zero-order valence-electron chi connectivity index (χ0n) is 13.7. The minimum absolute atomic E-state index is 0.213. The number of rotatable bonds is 10. The molecule has 116 valence electrons. The molecule has 0 aliphatic carbocycles. The molecule has 19 heavy (non-hydrogen) atoms. The van der Waals surface area contributed by atoms with E-state index in [2.05, 4.69) is 32.3 Å². The highest BCUT2D eigenvalue weighted by molar-refractivity contribution is 6.69. The highest BCUT2D eigenvalue weighted by Crippen LogP contribution is 2.19. The summed E-state index contributed by atoms with van der Waals surface area (Å²) >= 11 is 0. The second kappa shape index (κ2) is 8.50. The van der Waals surface area contributed by atoms with E-state index in [0.29, 0.717) is 0 Å². The summed E-state index contributed by atoms with van der Waals surface area (Å²) in [6.45, 7) is 8.46. The Morgan fingerprint density at radius 3 is 1.16 bits per heavy atom. The van der Waals surface area contributed by atoms with Crippen LogP contribution in [0.15, 0.2) is 0 Å². The largest absolute Gasteiger partial charge is 0.397 e. The smallest absolute Gasteiger partial charge is 0.351 e. The van der Waals surface area contributed by atoms with Gasteiger partial charge in [0, 0.05) is 28.4 Å². The lowest BCUT2D eigenvalue weighted by Crippen LogP contribution is -2.65. The van der Waals surface area contributed by atoms with E-state index in [1.54, 1.807) is 28.4 Å². The lowest BCUT2D eigenvalue weighted by molar-refractivity contribution is 0.208. The molecule has 0 saturated heterocycles. The predicted molar refractivity (Wildman–Crippen MR) is 82.6 cm³/mol. The average Bonchev–Trinajstić information content (AvgIpc) is 2.46. The van der Waals surface area contributed by atoms with Gasteiger partial charge in [0.15, 0.2) is 0 Å². The molecule has 0 bridgehead atoms. The second-order valence-electron chi connectivity index (χ2n) is 4.94. The topological polar surface area (TPSA) is 49.0 Å². The molecule has 0 aromatic heterocycles. The first kappa shape index (κ1) is 19.2. The van der Waals surface area contributed by atoms with Gasteiger partial charge in [-0.15, -0.1) is 0 Å². The van der Waals surface area contributed by atoms with Crippen molar-refractivity contribution in [2.24, 2.45) is 0 Å². The molecule has 0 heterocycles. The van der Waals surface area contributed by atoms with Crippen LogP contribution in [0.4, 0.5) is 0 Å². The third-order valence-electron chi connectivity index (χ3n) is 4.11. The molecular formula is C12H31NO4Si2. The molecular weight excluding hydrogens is 278 g/mol.